The van der Waals surface area contributed by atoms with E-state index in [1.807, 2.05) is 45.2 Å². The van der Waals surface area contributed by atoms with E-state index in [-0.39, 0.29) is 25.5 Å². The van der Waals surface area contributed by atoms with Gasteiger partial charge in [-0.25, -0.2) is 0 Å². The molecule has 1 aromatic heterocycles. The van der Waals surface area contributed by atoms with Gasteiger partial charge in [-0.05, 0) is 19.9 Å². The van der Waals surface area contributed by atoms with Crippen LogP contribution in [0.1, 0.15) is 22.5 Å². The van der Waals surface area contributed by atoms with Crippen molar-refractivity contribution in [1.29, 1.82) is 0 Å². The van der Waals surface area contributed by atoms with E-state index in [2.05, 4.69) is 5.10 Å². The maximum absolute atomic E-state index is 12.8. The number of benzene rings is 1. The van der Waals surface area contributed by atoms with E-state index in [1.54, 1.807) is 16.7 Å². The number of rotatable bonds is 7. The second-order valence-electron chi connectivity index (χ2n) is 5.80. The van der Waals surface area contributed by atoms with Crippen LogP contribution < -0.4 is 4.74 Å². The normalized spacial score (nSPS) is 10.7. The minimum atomic E-state index is -0.0775. The van der Waals surface area contributed by atoms with Crippen LogP contribution in [0.4, 0.5) is 0 Å². The molecule has 130 valence electrons. The van der Waals surface area contributed by atoms with Crippen molar-refractivity contribution in [3.8, 4) is 5.75 Å². The minimum Gasteiger partial charge on any atom is -0.496 e. The molecule has 0 atom stereocenters. The summed E-state index contributed by atoms with van der Waals surface area (Å²) in [5.41, 5.74) is 3.72. The zero-order chi connectivity index (χ0) is 17.7. The molecule has 0 saturated heterocycles. The summed E-state index contributed by atoms with van der Waals surface area (Å²) >= 11 is 0. The first-order valence-corrected chi connectivity index (χ1v) is 7.97. The van der Waals surface area contributed by atoms with E-state index in [9.17, 15) is 9.90 Å². The van der Waals surface area contributed by atoms with Crippen molar-refractivity contribution >= 4 is 5.91 Å². The summed E-state index contributed by atoms with van der Waals surface area (Å²) in [4.78, 5) is 14.4. The molecule has 0 aliphatic heterocycles. The molecule has 1 aromatic carbocycles. The minimum absolute atomic E-state index is 0.0332. The van der Waals surface area contributed by atoms with E-state index in [0.29, 0.717) is 6.54 Å². The number of hydrogen-bond acceptors (Lipinski definition) is 4. The molecule has 0 radical (unpaired) electrons. The second-order valence-corrected chi connectivity index (χ2v) is 5.80. The van der Waals surface area contributed by atoms with Crippen molar-refractivity contribution in [3.63, 3.8) is 0 Å². The van der Waals surface area contributed by atoms with Crippen LogP contribution in [-0.4, -0.2) is 46.0 Å². The molecule has 2 aromatic rings. The van der Waals surface area contributed by atoms with Crippen LogP contribution >= 0.6 is 0 Å². The molecule has 1 heterocycles. The zero-order valence-corrected chi connectivity index (χ0v) is 14.7. The van der Waals surface area contributed by atoms with Gasteiger partial charge in [0.25, 0.3) is 0 Å². The highest BCUT2D eigenvalue weighted by molar-refractivity contribution is 5.79. The van der Waals surface area contributed by atoms with Gasteiger partial charge in [-0.1, -0.05) is 18.2 Å². The predicted molar refractivity (Wildman–Crippen MR) is 91.9 cm³/mol. The monoisotopic (exact) mass is 331 g/mol. The number of hydrogen-bond donors (Lipinski definition) is 1. The Labute approximate surface area is 142 Å². The lowest BCUT2D eigenvalue weighted by atomic mass is 10.1. The maximum atomic E-state index is 12.8. The lowest BCUT2D eigenvalue weighted by Crippen LogP contribution is -2.34. The summed E-state index contributed by atoms with van der Waals surface area (Å²) in [5.74, 6) is 0.705. The van der Waals surface area contributed by atoms with Crippen molar-refractivity contribution in [3.05, 3.63) is 46.8 Å². The lowest BCUT2D eigenvalue weighted by molar-refractivity contribution is -0.131. The molecular formula is C18H25N3O3. The van der Waals surface area contributed by atoms with Crippen LogP contribution in [0.15, 0.2) is 24.3 Å². The van der Waals surface area contributed by atoms with Crippen LogP contribution in [-0.2, 0) is 24.8 Å². The Morgan fingerprint density at radius 2 is 2.04 bits per heavy atom. The van der Waals surface area contributed by atoms with E-state index < -0.39 is 0 Å². The molecule has 6 nitrogen and oxygen atoms in total. The van der Waals surface area contributed by atoms with Gasteiger partial charge in [-0.2, -0.15) is 5.10 Å². The number of carbonyl (C=O) groups excluding carboxylic acids is 1. The van der Waals surface area contributed by atoms with Gasteiger partial charge in [0, 0.05) is 37.0 Å². The standard InChI is InChI=1S/C18H25N3O3/c1-13-16(14(2)20(3)19-13)11-18(23)21(9-10-22)12-15-7-5-6-8-17(15)24-4/h5-8,22H,9-12H2,1-4H3. The third-order valence-corrected chi connectivity index (χ3v) is 4.26. The fourth-order valence-corrected chi connectivity index (χ4v) is 2.79. The molecule has 1 amide bonds. The summed E-state index contributed by atoms with van der Waals surface area (Å²) in [6.45, 7) is 4.48. The maximum Gasteiger partial charge on any atom is 0.227 e. The molecular weight excluding hydrogens is 306 g/mol. The Bertz CT molecular complexity index is 710. The van der Waals surface area contributed by atoms with Crippen LogP contribution in [0, 0.1) is 13.8 Å². The first-order chi connectivity index (χ1) is 11.5. The van der Waals surface area contributed by atoms with Crippen molar-refractivity contribution < 1.29 is 14.6 Å². The second kappa shape index (κ2) is 7.97. The summed E-state index contributed by atoms with van der Waals surface area (Å²) in [6, 6.07) is 7.60. The number of aromatic nitrogens is 2. The van der Waals surface area contributed by atoms with E-state index >= 15 is 0 Å². The first kappa shape index (κ1) is 18.0. The van der Waals surface area contributed by atoms with Crippen molar-refractivity contribution in [1.82, 2.24) is 14.7 Å². The third-order valence-electron chi connectivity index (χ3n) is 4.26. The Morgan fingerprint density at radius 3 is 2.62 bits per heavy atom. The van der Waals surface area contributed by atoms with Gasteiger partial charge in [0.15, 0.2) is 0 Å². The number of para-hydroxylation sites is 1. The van der Waals surface area contributed by atoms with Crippen LogP contribution in [0.5, 0.6) is 5.75 Å². The Hall–Kier alpha value is -2.34. The molecule has 0 fully saturated rings. The van der Waals surface area contributed by atoms with E-state index in [1.165, 1.54) is 0 Å². The van der Waals surface area contributed by atoms with Crippen LogP contribution in [0.2, 0.25) is 0 Å². The van der Waals surface area contributed by atoms with Crippen molar-refractivity contribution in [2.75, 3.05) is 20.3 Å². The third kappa shape index (κ3) is 3.94. The van der Waals surface area contributed by atoms with Crippen molar-refractivity contribution in [2.24, 2.45) is 7.05 Å². The summed E-state index contributed by atoms with van der Waals surface area (Å²) in [5, 5.41) is 13.7. The van der Waals surface area contributed by atoms with E-state index in [4.69, 9.17) is 4.74 Å². The summed E-state index contributed by atoms with van der Waals surface area (Å²) in [7, 11) is 3.48. The highest BCUT2D eigenvalue weighted by atomic mass is 16.5. The van der Waals surface area contributed by atoms with Gasteiger partial charge in [0.05, 0.1) is 25.8 Å². The number of ether oxygens (including phenoxy) is 1. The number of methoxy groups -OCH3 is 1. The topological polar surface area (TPSA) is 67.6 Å². The van der Waals surface area contributed by atoms with E-state index in [0.717, 1.165) is 28.3 Å². The van der Waals surface area contributed by atoms with Gasteiger partial charge >= 0.3 is 0 Å². The molecule has 0 bridgehead atoms. The molecule has 0 aliphatic rings. The van der Waals surface area contributed by atoms with Crippen LogP contribution in [0.25, 0.3) is 0 Å². The zero-order valence-electron chi connectivity index (χ0n) is 14.7. The lowest BCUT2D eigenvalue weighted by Gasteiger charge is -2.23. The predicted octanol–water partition coefficient (Wildman–Crippen LogP) is 1.61. The SMILES string of the molecule is COc1ccccc1CN(CCO)C(=O)Cc1c(C)nn(C)c1C. The number of aryl methyl sites for hydroxylation is 2. The molecule has 0 aliphatic carbocycles. The number of aliphatic hydroxyl groups is 1. The Balaban J connectivity index is 2.19. The fourth-order valence-electron chi connectivity index (χ4n) is 2.79. The number of amides is 1. The summed E-state index contributed by atoms with van der Waals surface area (Å²) < 4.78 is 7.14. The Morgan fingerprint density at radius 1 is 1.33 bits per heavy atom. The van der Waals surface area contributed by atoms with Crippen LogP contribution in [0.3, 0.4) is 0 Å². The average Bonchev–Trinajstić information content (AvgIpc) is 2.81. The molecule has 2 rings (SSSR count). The molecule has 24 heavy (non-hydrogen) atoms. The van der Waals surface area contributed by atoms with Gasteiger partial charge < -0.3 is 14.7 Å². The molecule has 0 saturated carbocycles. The van der Waals surface area contributed by atoms with Gasteiger partial charge in [0.2, 0.25) is 5.91 Å². The first-order valence-electron chi connectivity index (χ1n) is 7.97. The molecule has 0 unspecified atom stereocenters. The average molecular weight is 331 g/mol. The fraction of sp³-hybridized carbons (Fsp3) is 0.444. The molecule has 6 heteroatoms. The highest BCUT2D eigenvalue weighted by Gasteiger charge is 2.19. The largest absolute Gasteiger partial charge is 0.496 e. The Kier molecular flexibility index (Phi) is 5.98. The highest BCUT2D eigenvalue weighted by Crippen LogP contribution is 2.20. The summed E-state index contributed by atoms with van der Waals surface area (Å²) in [6.07, 6.45) is 0.278. The molecule has 1 N–H and O–H groups in total. The van der Waals surface area contributed by atoms with Gasteiger partial charge in [0.1, 0.15) is 5.75 Å². The van der Waals surface area contributed by atoms with Gasteiger partial charge in [-0.15, -0.1) is 0 Å². The molecule has 0 spiro atoms. The van der Waals surface area contributed by atoms with Gasteiger partial charge in [-0.3, -0.25) is 9.48 Å². The number of carbonyl (C=O) groups is 1. The number of nitrogens with zero attached hydrogens (tertiary/aromatic N) is 3. The smallest absolute Gasteiger partial charge is 0.227 e. The van der Waals surface area contributed by atoms with Crippen molar-refractivity contribution in [2.45, 2.75) is 26.8 Å². The quantitative estimate of drug-likeness (QED) is 0.837. The number of aliphatic hydroxyl groups excluding tert-OH is 1.